The maximum atomic E-state index is 12.0. The second-order valence-corrected chi connectivity index (χ2v) is 5.03. The molecule has 6 nitrogen and oxygen atoms in total. The smallest absolute Gasteiger partial charge is 0.236 e. The number of nitrogens with one attached hydrogen (secondary N) is 1. The summed E-state index contributed by atoms with van der Waals surface area (Å²) in [5.74, 6) is 0.141. The fourth-order valence-corrected chi connectivity index (χ4v) is 2.17. The van der Waals surface area contributed by atoms with Crippen LogP contribution >= 0.6 is 0 Å². The van der Waals surface area contributed by atoms with Crippen molar-refractivity contribution in [2.24, 2.45) is 0 Å². The summed E-state index contributed by atoms with van der Waals surface area (Å²) in [5, 5.41) is 7.39. The van der Waals surface area contributed by atoms with Crippen LogP contribution in [0.1, 0.15) is 13.8 Å². The highest BCUT2D eigenvalue weighted by Crippen LogP contribution is 2.04. The Labute approximate surface area is 113 Å². The number of aromatic nitrogens is 2. The van der Waals surface area contributed by atoms with Crippen molar-refractivity contribution in [2.45, 2.75) is 32.5 Å². The van der Waals surface area contributed by atoms with Crippen molar-refractivity contribution in [3.63, 3.8) is 0 Å². The first kappa shape index (κ1) is 14.0. The third-order valence-corrected chi connectivity index (χ3v) is 3.22. The molecule has 1 saturated heterocycles. The summed E-state index contributed by atoms with van der Waals surface area (Å²) < 4.78 is 7.29. The number of morpholine rings is 1. The maximum Gasteiger partial charge on any atom is 0.236 e. The molecular weight excluding hydrogens is 244 g/mol. The molecule has 19 heavy (non-hydrogen) atoms. The number of rotatable bonds is 5. The summed E-state index contributed by atoms with van der Waals surface area (Å²) >= 11 is 0. The molecule has 2 rings (SSSR count). The van der Waals surface area contributed by atoms with Gasteiger partial charge in [-0.2, -0.15) is 5.10 Å². The molecule has 1 aromatic rings. The van der Waals surface area contributed by atoms with Gasteiger partial charge in [0.15, 0.2) is 0 Å². The Morgan fingerprint density at radius 2 is 2.47 bits per heavy atom. The van der Waals surface area contributed by atoms with E-state index in [1.165, 1.54) is 0 Å². The molecular formula is C13H22N4O2. The highest BCUT2D eigenvalue weighted by molar-refractivity contribution is 5.78. The summed E-state index contributed by atoms with van der Waals surface area (Å²) in [4.78, 5) is 13.9. The quantitative estimate of drug-likeness (QED) is 0.822. The van der Waals surface area contributed by atoms with E-state index in [9.17, 15) is 4.79 Å². The lowest BCUT2D eigenvalue weighted by Gasteiger charge is -2.31. The van der Waals surface area contributed by atoms with Crippen LogP contribution in [0.4, 0.5) is 0 Å². The number of amides is 1. The predicted octanol–water partition coefficient (Wildman–Crippen LogP) is 0.109. The van der Waals surface area contributed by atoms with Crippen molar-refractivity contribution in [2.75, 3.05) is 26.2 Å². The molecule has 1 aromatic heterocycles. The van der Waals surface area contributed by atoms with Gasteiger partial charge in [-0.1, -0.05) is 0 Å². The average Bonchev–Trinajstić information content (AvgIpc) is 2.88. The first-order valence-electron chi connectivity index (χ1n) is 6.75. The van der Waals surface area contributed by atoms with Crippen LogP contribution in [-0.4, -0.2) is 59.0 Å². The van der Waals surface area contributed by atoms with Gasteiger partial charge in [0, 0.05) is 31.5 Å². The Morgan fingerprint density at radius 3 is 3.16 bits per heavy atom. The number of carbonyl (C=O) groups excluding carboxylic acids is 1. The summed E-state index contributed by atoms with van der Waals surface area (Å²) in [5.41, 5.74) is 0. The number of ether oxygens (including phenoxy) is 1. The molecule has 0 bridgehead atoms. The summed E-state index contributed by atoms with van der Waals surface area (Å²) in [7, 11) is 0. The largest absolute Gasteiger partial charge is 0.375 e. The molecule has 0 aromatic carbocycles. The van der Waals surface area contributed by atoms with Gasteiger partial charge in [0.05, 0.1) is 25.8 Å². The second kappa shape index (κ2) is 6.68. The molecule has 1 N–H and O–H groups in total. The Kier molecular flexibility index (Phi) is 4.93. The lowest BCUT2D eigenvalue weighted by atomic mass is 10.3. The third-order valence-electron chi connectivity index (χ3n) is 3.22. The van der Waals surface area contributed by atoms with Gasteiger partial charge in [0.25, 0.3) is 0 Å². The van der Waals surface area contributed by atoms with Crippen LogP contribution in [0.2, 0.25) is 0 Å². The second-order valence-electron chi connectivity index (χ2n) is 5.03. The molecule has 1 aliphatic rings. The van der Waals surface area contributed by atoms with Gasteiger partial charge >= 0.3 is 0 Å². The number of carbonyl (C=O) groups is 1. The van der Waals surface area contributed by atoms with Crippen molar-refractivity contribution in [1.82, 2.24) is 20.0 Å². The van der Waals surface area contributed by atoms with Crippen molar-refractivity contribution in [3.8, 4) is 0 Å². The molecule has 6 heteroatoms. The number of nitrogens with zero attached hydrogens (tertiary/aromatic N) is 3. The van der Waals surface area contributed by atoms with Crippen LogP contribution in [0.15, 0.2) is 18.5 Å². The molecule has 0 saturated carbocycles. The SMILES string of the molecule is C[C@H](Cn1cccn1)NCC(=O)N1CCO[C@@H](C)C1. The molecule has 1 amide bonds. The molecule has 0 aliphatic carbocycles. The molecule has 0 radical (unpaired) electrons. The molecule has 1 fully saturated rings. The molecule has 0 spiro atoms. The Balaban J connectivity index is 1.70. The minimum atomic E-state index is 0.138. The zero-order chi connectivity index (χ0) is 13.7. The van der Waals surface area contributed by atoms with E-state index in [4.69, 9.17) is 4.74 Å². The van der Waals surface area contributed by atoms with Crippen LogP contribution in [-0.2, 0) is 16.1 Å². The van der Waals surface area contributed by atoms with Crippen LogP contribution in [0.5, 0.6) is 0 Å². The highest BCUT2D eigenvalue weighted by atomic mass is 16.5. The Morgan fingerprint density at radius 1 is 1.63 bits per heavy atom. The zero-order valence-electron chi connectivity index (χ0n) is 11.6. The van der Waals surface area contributed by atoms with Crippen LogP contribution < -0.4 is 5.32 Å². The minimum Gasteiger partial charge on any atom is -0.375 e. The fraction of sp³-hybridized carbons (Fsp3) is 0.692. The van der Waals surface area contributed by atoms with Crippen LogP contribution in [0.25, 0.3) is 0 Å². The normalized spacial score (nSPS) is 21.4. The van der Waals surface area contributed by atoms with E-state index in [1.807, 2.05) is 28.8 Å². The van der Waals surface area contributed by atoms with Gasteiger partial charge in [-0.05, 0) is 19.9 Å². The predicted molar refractivity (Wildman–Crippen MR) is 71.7 cm³/mol. The monoisotopic (exact) mass is 266 g/mol. The molecule has 2 heterocycles. The average molecular weight is 266 g/mol. The Hall–Kier alpha value is -1.40. The van der Waals surface area contributed by atoms with E-state index in [0.717, 1.165) is 6.54 Å². The van der Waals surface area contributed by atoms with Crippen LogP contribution in [0.3, 0.4) is 0 Å². The van der Waals surface area contributed by atoms with Gasteiger partial charge in [0.1, 0.15) is 0 Å². The highest BCUT2D eigenvalue weighted by Gasteiger charge is 2.21. The summed E-state index contributed by atoms with van der Waals surface area (Å²) in [6, 6.07) is 2.11. The van der Waals surface area contributed by atoms with E-state index in [2.05, 4.69) is 17.3 Å². The summed E-state index contributed by atoms with van der Waals surface area (Å²) in [6.07, 6.45) is 3.82. The van der Waals surface area contributed by atoms with Crippen molar-refractivity contribution < 1.29 is 9.53 Å². The van der Waals surface area contributed by atoms with Crippen LogP contribution in [0, 0.1) is 0 Å². The van der Waals surface area contributed by atoms with Gasteiger partial charge in [-0.25, -0.2) is 0 Å². The van der Waals surface area contributed by atoms with Crippen molar-refractivity contribution in [1.29, 1.82) is 0 Å². The summed E-state index contributed by atoms with van der Waals surface area (Å²) in [6.45, 7) is 7.20. The van der Waals surface area contributed by atoms with E-state index >= 15 is 0 Å². The van der Waals surface area contributed by atoms with E-state index in [-0.39, 0.29) is 18.1 Å². The molecule has 2 atom stereocenters. The third kappa shape index (κ3) is 4.33. The topological polar surface area (TPSA) is 59.4 Å². The van der Waals surface area contributed by atoms with Crippen molar-refractivity contribution >= 4 is 5.91 Å². The van der Waals surface area contributed by atoms with Gasteiger partial charge in [-0.3, -0.25) is 9.48 Å². The molecule has 0 unspecified atom stereocenters. The lowest BCUT2D eigenvalue weighted by molar-refractivity contribution is -0.137. The van der Waals surface area contributed by atoms with Crippen molar-refractivity contribution in [3.05, 3.63) is 18.5 Å². The maximum absolute atomic E-state index is 12.0. The van der Waals surface area contributed by atoms with Gasteiger partial charge < -0.3 is 15.0 Å². The Bertz CT molecular complexity index is 393. The van der Waals surface area contributed by atoms with E-state index < -0.39 is 0 Å². The first-order valence-corrected chi connectivity index (χ1v) is 6.75. The minimum absolute atomic E-state index is 0.138. The molecule has 106 valence electrons. The molecule has 1 aliphatic heterocycles. The number of hydrogen-bond donors (Lipinski definition) is 1. The van der Waals surface area contributed by atoms with Gasteiger partial charge in [0.2, 0.25) is 5.91 Å². The fourth-order valence-electron chi connectivity index (χ4n) is 2.17. The number of hydrogen-bond acceptors (Lipinski definition) is 4. The zero-order valence-corrected chi connectivity index (χ0v) is 11.6. The standard InChI is InChI=1S/C13H22N4O2/c1-11(9-17-5-3-4-15-17)14-8-13(18)16-6-7-19-12(2)10-16/h3-5,11-12,14H,6-10H2,1-2H3/t11-,12+/m1/s1. The van der Waals surface area contributed by atoms with E-state index in [1.54, 1.807) is 6.20 Å². The van der Waals surface area contributed by atoms with Gasteiger partial charge in [-0.15, -0.1) is 0 Å². The first-order chi connectivity index (χ1) is 9.15. The lowest BCUT2D eigenvalue weighted by Crippen LogP contribution is -2.48. The van der Waals surface area contributed by atoms with E-state index in [0.29, 0.717) is 26.2 Å².